The van der Waals surface area contributed by atoms with Crippen LogP contribution in [0, 0.1) is 5.82 Å². The van der Waals surface area contributed by atoms with Crippen molar-refractivity contribution in [2.75, 3.05) is 25.1 Å². The van der Waals surface area contributed by atoms with Crippen LogP contribution in [-0.4, -0.2) is 36.1 Å². The maximum atomic E-state index is 15.0. The van der Waals surface area contributed by atoms with Gasteiger partial charge in [0.15, 0.2) is 5.76 Å². The van der Waals surface area contributed by atoms with Crippen LogP contribution in [-0.2, 0) is 0 Å². The maximum absolute atomic E-state index is 15.0. The minimum Gasteiger partial charge on any atom is -0.496 e. The third kappa shape index (κ3) is 3.80. The Hall–Kier alpha value is -4.46. The molecule has 0 saturated carbocycles. The van der Waals surface area contributed by atoms with E-state index in [0.29, 0.717) is 28.0 Å². The maximum Gasteiger partial charge on any atom is 0.282 e. The predicted octanol–water partition coefficient (Wildman–Crippen LogP) is 5.44. The van der Waals surface area contributed by atoms with Crippen LogP contribution in [0.5, 0.6) is 5.75 Å². The first kappa shape index (κ1) is 22.0. The van der Waals surface area contributed by atoms with Gasteiger partial charge in [-0.3, -0.25) is 4.79 Å². The number of ether oxygens (including phenoxy) is 1. The third-order valence-electron chi connectivity index (χ3n) is 6.48. The van der Waals surface area contributed by atoms with Crippen molar-refractivity contribution < 1.29 is 13.5 Å². The third-order valence-corrected chi connectivity index (χ3v) is 6.48. The summed E-state index contributed by atoms with van der Waals surface area (Å²) in [7, 11) is 1.58. The van der Waals surface area contributed by atoms with Gasteiger partial charge in [0.25, 0.3) is 5.56 Å². The number of halogens is 1. The zero-order valence-electron chi connectivity index (χ0n) is 19.6. The second-order valence-corrected chi connectivity index (χ2v) is 8.70. The highest BCUT2D eigenvalue weighted by Crippen LogP contribution is 2.33. The van der Waals surface area contributed by atoms with Gasteiger partial charge in [0.2, 0.25) is 5.82 Å². The van der Waals surface area contributed by atoms with Crippen molar-refractivity contribution in [2.45, 2.75) is 12.8 Å². The van der Waals surface area contributed by atoms with E-state index in [1.54, 1.807) is 37.4 Å². The summed E-state index contributed by atoms with van der Waals surface area (Å²) >= 11 is 0. The van der Waals surface area contributed by atoms with Gasteiger partial charge < -0.3 is 14.1 Å². The number of furan rings is 1. The lowest BCUT2D eigenvalue weighted by molar-refractivity contribution is 0.419. The fourth-order valence-corrected chi connectivity index (χ4v) is 4.63. The minimum absolute atomic E-state index is 0.210. The highest BCUT2D eigenvalue weighted by molar-refractivity contribution is 5.88. The summed E-state index contributed by atoms with van der Waals surface area (Å²) in [6, 6.07) is 19.3. The highest BCUT2D eigenvalue weighted by Gasteiger charge is 2.18. The number of nitrogens with zero attached hydrogens (tertiary/aromatic N) is 4. The van der Waals surface area contributed by atoms with E-state index >= 15 is 0 Å². The van der Waals surface area contributed by atoms with Crippen molar-refractivity contribution >= 4 is 33.8 Å². The summed E-state index contributed by atoms with van der Waals surface area (Å²) in [4.78, 5) is 20.3. The summed E-state index contributed by atoms with van der Waals surface area (Å²) in [6.07, 6.45) is 3.56. The molecule has 2 aromatic heterocycles. The van der Waals surface area contributed by atoms with Gasteiger partial charge in [0.1, 0.15) is 17.1 Å². The lowest BCUT2D eigenvalue weighted by atomic mass is 10.2. The Morgan fingerprint density at radius 1 is 1.03 bits per heavy atom. The van der Waals surface area contributed by atoms with Gasteiger partial charge in [0, 0.05) is 24.3 Å². The standard InChI is InChI=1S/C28H23FN4O3/c1-35-24-9-6-10-25-21(24)16-26(36-25)27-31-23-8-3-2-7-20(23)28(34)33(27)30-17-18-11-12-19(15-22(18)29)32-13-4-5-14-32/h2-3,6-12,15-17H,4-5,13-14H2,1H3. The van der Waals surface area contributed by atoms with Crippen LogP contribution < -0.4 is 15.2 Å². The minimum atomic E-state index is -0.403. The number of methoxy groups -OCH3 is 1. The molecule has 180 valence electrons. The number of para-hydroxylation sites is 1. The molecule has 5 aromatic rings. The number of fused-ring (bicyclic) bond motifs is 2. The Morgan fingerprint density at radius 2 is 1.86 bits per heavy atom. The molecule has 0 bridgehead atoms. The van der Waals surface area contributed by atoms with Gasteiger partial charge in [-0.1, -0.05) is 18.2 Å². The Morgan fingerprint density at radius 3 is 2.67 bits per heavy atom. The number of rotatable bonds is 5. The highest BCUT2D eigenvalue weighted by atomic mass is 19.1. The second kappa shape index (κ2) is 8.96. The van der Waals surface area contributed by atoms with Crippen molar-refractivity contribution in [1.82, 2.24) is 9.66 Å². The Bertz CT molecular complexity index is 1680. The van der Waals surface area contributed by atoms with E-state index in [1.165, 1.54) is 12.3 Å². The summed E-state index contributed by atoms with van der Waals surface area (Å²) < 4.78 is 27.6. The molecule has 3 aromatic carbocycles. The van der Waals surface area contributed by atoms with Crippen molar-refractivity contribution in [3.05, 3.63) is 88.5 Å². The summed E-state index contributed by atoms with van der Waals surface area (Å²) in [5.74, 6) is 0.794. The average Bonchev–Trinajstić information content (AvgIpc) is 3.59. The van der Waals surface area contributed by atoms with Crippen LogP contribution >= 0.6 is 0 Å². The quantitative estimate of drug-likeness (QED) is 0.312. The molecule has 0 aliphatic carbocycles. The zero-order valence-corrected chi connectivity index (χ0v) is 19.6. The zero-order chi connectivity index (χ0) is 24.6. The fraction of sp³-hybridized carbons (Fsp3) is 0.179. The van der Waals surface area contributed by atoms with E-state index in [4.69, 9.17) is 9.15 Å². The molecule has 1 aliphatic heterocycles. The van der Waals surface area contributed by atoms with Gasteiger partial charge >= 0.3 is 0 Å². The topological polar surface area (TPSA) is 72.9 Å². The summed E-state index contributed by atoms with van der Waals surface area (Å²) in [5.41, 5.74) is 1.84. The van der Waals surface area contributed by atoms with Crippen LogP contribution in [0.15, 0.2) is 81.0 Å². The number of benzene rings is 3. The van der Waals surface area contributed by atoms with E-state index in [2.05, 4.69) is 15.0 Å². The van der Waals surface area contributed by atoms with Crippen LogP contribution in [0.2, 0.25) is 0 Å². The molecule has 1 fully saturated rings. The van der Waals surface area contributed by atoms with Gasteiger partial charge in [-0.15, -0.1) is 0 Å². The van der Waals surface area contributed by atoms with E-state index in [1.807, 2.05) is 30.3 Å². The normalized spacial score (nSPS) is 13.9. The molecule has 0 radical (unpaired) electrons. The van der Waals surface area contributed by atoms with Crippen molar-refractivity contribution in [3.8, 4) is 17.3 Å². The molecule has 0 atom stereocenters. The summed E-state index contributed by atoms with van der Waals surface area (Å²) in [6.45, 7) is 1.85. The van der Waals surface area contributed by atoms with Crippen molar-refractivity contribution in [3.63, 3.8) is 0 Å². The molecule has 0 unspecified atom stereocenters. The van der Waals surface area contributed by atoms with Crippen LogP contribution in [0.4, 0.5) is 10.1 Å². The first-order valence-electron chi connectivity index (χ1n) is 11.8. The van der Waals surface area contributed by atoms with Gasteiger partial charge in [-0.05, 0) is 61.4 Å². The Balaban J connectivity index is 1.48. The predicted molar refractivity (Wildman–Crippen MR) is 139 cm³/mol. The molecular formula is C28H23FN4O3. The molecule has 36 heavy (non-hydrogen) atoms. The average molecular weight is 483 g/mol. The molecule has 0 N–H and O–H groups in total. The van der Waals surface area contributed by atoms with E-state index in [0.717, 1.165) is 41.7 Å². The van der Waals surface area contributed by atoms with E-state index < -0.39 is 5.82 Å². The Labute approximate surface area is 206 Å². The number of hydrogen-bond donors (Lipinski definition) is 0. The molecule has 7 nitrogen and oxygen atoms in total. The molecule has 1 aliphatic rings. The largest absolute Gasteiger partial charge is 0.496 e. The van der Waals surface area contributed by atoms with Gasteiger partial charge in [-0.2, -0.15) is 9.78 Å². The van der Waals surface area contributed by atoms with Crippen molar-refractivity contribution in [2.24, 2.45) is 5.10 Å². The monoisotopic (exact) mass is 482 g/mol. The molecule has 0 amide bonds. The van der Waals surface area contributed by atoms with Gasteiger partial charge in [-0.25, -0.2) is 9.37 Å². The summed E-state index contributed by atoms with van der Waals surface area (Å²) in [5, 5.41) is 5.52. The molecule has 8 heteroatoms. The fourth-order valence-electron chi connectivity index (χ4n) is 4.63. The first-order valence-corrected chi connectivity index (χ1v) is 11.8. The molecule has 6 rings (SSSR count). The number of hydrogen-bond acceptors (Lipinski definition) is 6. The van der Waals surface area contributed by atoms with E-state index in [9.17, 15) is 9.18 Å². The van der Waals surface area contributed by atoms with E-state index in [-0.39, 0.29) is 16.9 Å². The smallest absolute Gasteiger partial charge is 0.282 e. The van der Waals surface area contributed by atoms with Crippen LogP contribution in [0.1, 0.15) is 18.4 Å². The van der Waals surface area contributed by atoms with Crippen LogP contribution in [0.3, 0.4) is 0 Å². The number of anilines is 1. The van der Waals surface area contributed by atoms with Gasteiger partial charge in [0.05, 0.1) is 29.6 Å². The number of aromatic nitrogens is 2. The molecule has 1 saturated heterocycles. The molecule has 3 heterocycles. The van der Waals surface area contributed by atoms with Crippen LogP contribution in [0.25, 0.3) is 33.5 Å². The lowest BCUT2D eigenvalue weighted by Crippen LogP contribution is -2.20. The van der Waals surface area contributed by atoms with Crippen molar-refractivity contribution in [1.29, 1.82) is 0 Å². The Kier molecular flexibility index (Phi) is 5.48. The SMILES string of the molecule is COc1cccc2oc(-c3nc4ccccc4c(=O)n3N=Cc3ccc(N4CCCC4)cc3F)cc12. The first-order chi connectivity index (χ1) is 17.6. The molecular weight excluding hydrogens is 459 g/mol. The second-order valence-electron chi connectivity index (χ2n) is 8.70. The lowest BCUT2D eigenvalue weighted by Gasteiger charge is -2.17. The molecule has 0 spiro atoms.